The molecule has 0 radical (unpaired) electrons. The van der Waals surface area contributed by atoms with Crippen molar-refractivity contribution < 1.29 is 17.4 Å². The lowest BCUT2D eigenvalue weighted by Gasteiger charge is -2.25. The molecule has 0 aromatic carbocycles. The molecule has 0 bridgehead atoms. The summed E-state index contributed by atoms with van der Waals surface area (Å²) in [4.78, 5) is 3.73. The van der Waals surface area contributed by atoms with E-state index in [0.717, 1.165) is 0 Å². The highest BCUT2D eigenvalue weighted by Gasteiger charge is 2.35. The highest BCUT2D eigenvalue weighted by atomic mass is 35.5. The molecule has 114 valence electrons. The molecule has 20 heavy (non-hydrogen) atoms. The molecule has 1 rings (SSSR count). The second-order valence-corrected chi connectivity index (χ2v) is 7.67. The quantitative estimate of drug-likeness (QED) is 0.855. The van der Waals surface area contributed by atoms with E-state index in [9.17, 15) is 17.4 Å². The molecule has 0 fully saturated rings. The Kier molecular flexibility index (Phi) is 5.57. The van der Waals surface area contributed by atoms with Crippen molar-refractivity contribution in [3.63, 3.8) is 0 Å². The van der Waals surface area contributed by atoms with E-state index in [2.05, 4.69) is 9.71 Å². The molecule has 0 aliphatic rings. The fraction of sp³-hybridized carbons (Fsp3) is 0.583. The van der Waals surface area contributed by atoms with Crippen LogP contribution >= 0.6 is 11.6 Å². The third-order valence-electron chi connectivity index (χ3n) is 2.39. The summed E-state index contributed by atoms with van der Waals surface area (Å²) >= 11 is 5.69. The standard InChI is InChI=1S/C12H16ClF3N2OS/c1-11(2,3)20(19)18-9(7-12(14,15)16)8-4-5-17-10(13)6-8/h4-6,9,18H,7H2,1-3H3. The number of alkyl halides is 3. The van der Waals surface area contributed by atoms with E-state index in [1.54, 1.807) is 20.8 Å². The molecule has 3 nitrogen and oxygen atoms in total. The number of hydrogen-bond donors (Lipinski definition) is 1. The van der Waals surface area contributed by atoms with Gasteiger partial charge in [-0.05, 0) is 38.5 Å². The summed E-state index contributed by atoms with van der Waals surface area (Å²) in [6.45, 7) is 5.04. The SMILES string of the molecule is CC(C)(C)S(=O)NC(CC(F)(F)F)c1ccnc(Cl)c1. The fourth-order valence-corrected chi connectivity index (χ4v) is 2.41. The van der Waals surface area contributed by atoms with Crippen LogP contribution in [0.4, 0.5) is 13.2 Å². The van der Waals surface area contributed by atoms with Crippen molar-refractivity contribution in [2.24, 2.45) is 0 Å². The van der Waals surface area contributed by atoms with Gasteiger partial charge in [0.15, 0.2) is 0 Å². The minimum Gasteiger partial charge on any atom is -0.245 e. The van der Waals surface area contributed by atoms with Gasteiger partial charge in [0.2, 0.25) is 0 Å². The van der Waals surface area contributed by atoms with Gasteiger partial charge in [0.05, 0.1) is 28.2 Å². The van der Waals surface area contributed by atoms with E-state index in [-0.39, 0.29) is 5.15 Å². The Balaban J connectivity index is 3.00. The molecular weight excluding hydrogens is 313 g/mol. The first-order valence-electron chi connectivity index (χ1n) is 5.85. The van der Waals surface area contributed by atoms with Gasteiger partial charge in [-0.25, -0.2) is 13.9 Å². The third kappa shape index (κ3) is 5.76. The van der Waals surface area contributed by atoms with Crippen LogP contribution in [-0.4, -0.2) is 20.1 Å². The summed E-state index contributed by atoms with van der Waals surface area (Å²) in [6.07, 6.45) is -4.19. The predicted molar refractivity (Wildman–Crippen MR) is 73.7 cm³/mol. The molecule has 1 aromatic rings. The lowest BCUT2D eigenvalue weighted by Crippen LogP contribution is -2.37. The summed E-state index contributed by atoms with van der Waals surface area (Å²) < 4.78 is 51.8. The van der Waals surface area contributed by atoms with Crippen LogP contribution in [0, 0.1) is 0 Å². The van der Waals surface area contributed by atoms with E-state index in [1.807, 2.05) is 0 Å². The number of aromatic nitrogens is 1. The Hall–Kier alpha value is -0.660. The molecule has 0 aliphatic heterocycles. The first-order chi connectivity index (χ1) is 8.99. The van der Waals surface area contributed by atoms with Crippen molar-refractivity contribution in [2.45, 2.75) is 44.2 Å². The summed E-state index contributed by atoms with van der Waals surface area (Å²) in [5, 5.41) is 0.0954. The molecule has 1 heterocycles. The maximum Gasteiger partial charge on any atom is 0.390 e. The molecule has 0 amide bonds. The van der Waals surface area contributed by atoms with Gasteiger partial charge in [-0.15, -0.1) is 0 Å². The van der Waals surface area contributed by atoms with Gasteiger partial charge in [0.1, 0.15) is 5.15 Å². The van der Waals surface area contributed by atoms with Gasteiger partial charge in [-0.2, -0.15) is 13.2 Å². The van der Waals surface area contributed by atoms with E-state index in [1.165, 1.54) is 18.3 Å². The summed E-state index contributed by atoms with van der Waals surface area (Å²) in [5.74, 6) is 0. The predicted octanol–water partition coefficient (Wildman–Crippen LogP) is 3.78. The molecule has 0 spiro atoms. The maximum atomic E-state index is 12.7. The van der Waals surface area contributed by atoms with Crippen molar-refractivity contribution in [1.29, 1.82) is 0 Å². The average Bonchev–Trinajstić information content (AvgIpc) is 2.25. The Morgan fingerprint density at radius 2 is 2.00 bits per heavy atom. The third-order valence-corrected chi connectivity index (χ3v) is 4.21. The molecule has 2 unspecified atom stereocenters. The van der Waals surface area contributed by atoms with E-state index >= 15 is 0 Å². The molecule has 2 atom stereocenters. The number of hydrogen-bond acceptors (Lipinski definition) is 2. The van der Waals surface area contributed by atoms with E-state index in [0.29, 0.717) is 5.56 Å². The molecule has 1 N–H and O–H groups in total. The zero-order chi connectivity index (χ0) is 15.6. The highest BCUT2D eigenvalue weighted by Crippen LogP contribution is 2.31. The fourth-order valence-electron chi connectivity index (χ4n) is 1.40. The van der Waals surface area contributed by atoms with Gasteiger partial charge in [-0.1, -0.05) is 11.6 Å². The number of halogens is 4. The zero-order valence-corrected chi connectivity index (χ0v) is 12.9. The van der Waals surface area contributed by atoms with E-state index < -0.39 is 34.4 Å². The van der Waals surface area contributed by atoms with Crippen LogP contribution in [0.15, 0.2) is 18.3 Å². The van der Waals surface area contributed by atoms with Crippen LogP contribution in [0.1, 0.15) is 38.8 Å². The van der Waals surface area contributed by atoms with Crippen LogP contribution in [0.2, 0.25) is 5.15 Å². The van der Waals surface area contributed by atoms with Crippen molar-refractivity contribution in [3.05, 3.63) is 29.0 Å². The number of nitrogens with one attached hydrogen (secondary N) is 1. The van der Waals surface area contributed by atoms with Gasteiger partial charge in [0.25, 0.3) is 0 Å². The van der Waals surface area contributed by atoms with E-state index in [4.69, 9.17) is 11.6 Å². The Morgan fingerprint density at radius 1 is 1.40 bits per heavy atom. The Morgan fingerprint density at radius 3 is 2.45 bits per heavy atom. The van der Waals surface area contributed by atoms with Gasteiger partial charge in [-0.3, -0.25) is 0 Å². The van der Waals surface area contributed by atoms with Crippen LogP contribution in [0.5, 0.6) is 0 Å². The normalized spacial score (nSPS) is 15.9. The number of nitrogens with zero attached hydrogens (tertiary/aromatic N) is 1. The lowest BCUT2D eigenvalue weighted by molar-refractivity contribution is -0.139. The largest absolute Gasteiger partial charge is 0.390 e. The first-order valence-corrected chi connectivity index (χ1v) is 7.38. The smallest absolute Gasteiger partial charge is 0.245 e. The van der Waals surface area contributed by atoms with Crippen molar-refractivity contribution in [1.82, 2.24) is 9.71 Å². The monoisotopic (exact) mass is 328 g/mol. The average molecular weight is 329 g/mol. The summed E-state index contributed by atoms with van der Waals surface area (Å²) in [5.41, 5.74) is 0.305. The van der Waals surface area contributed by atoms with Gasteiger partial charge < -0.3 is 0 Å². The maximum absolute atomic E-state index is 12.7. The number of pyridine rings is 1. The minimum absolute atomic E-state index is 0.0954. The molecule has 1 aromatic heterocycles. The first kappa shape index (κ1) is 17.4. The van der Waals surface area contributed by atoms with Crippen LogP contribution in [0.25, 0.3) is 0 Å². The second kappa shape index (κ2) is 6.41. The lowest BCUT2D eigenvalue weighted by atomic mass is 10.1. The van der Waals surface area contributed by atoms with Crippen molar-refractivity contribution in [3.8, 4) is 0 Å². The summed E-state index contributed by atoms with van der Waals surface area (Å²) in [7, 11) is -1.62. The zero-order valence-electron chi connectivity index (χ0n) is 11.3. The van der Waals surface area contributed by atoms with Crippen LogP contribution in [0.3, 0.4) is 0 Å². The highest BCUT2D eigenvalue weighted by molar-refractivity contribution is 7.84. The minimum atomic E-state index is -4.38. The molecular formula is C12H16ClF3N2OS. The second-order valence-electron chi connectivity index (χ2n) is 5.28. The van der Waals surface area contributed by atoms with Gasteiger partial charge >= 0.3 is 6.18 Å². The molecule has 8 heteroatoms. The number of rotatable bonds is 4. The molecule has 0 saturated heterocycles. The Bertz CT molecular complexity index is 488. The molecule has 0 saturated carbocycles. The summed E-state index contributed by atoms with van der Waals surface area (Å²) in [6, 6.07) is 1.63. The van der Waals surface area contributed by atoms with Gasteiger partial charge in [0, 0.05) is 6.20 Å². The van der Waals surface area contributed by atoms with Crippen LogP contribution in [-0.2, 0) is 11.0 Å². The topological polar surface area (TPSA) is 42.0 Å². The van der Waals surface area contributed by atoms with Crippen LogP contribution < -0.4 is 4.72 Å². The Labute approximate surface area is 123 Å². The van der Waals surface area contributed by atoms with Crippen molar-refractivity contribution >= 4 is 22.6 Å². The van der Waals surface area contributed by atoms with Crippen molar-refractivity contribution in [2.75, 3.05) is 0 Å². The molecule has 0 aliphatic carbocycles.